The Bertz CT molecular complexity index is 1070. The number of nitrogens with zero attached hydrogens (tertiary/aromatic N) is 3. The van der Waals surface area contributed by atoms with Crippen molar-refractivity contribution in [2.24, 2.45) is 11.8 Å². The number of aryl methyl sites for hydroxylation is 2. The molecule has 2 fully saturated rings. The third-order valence-corrected chi connectivity index (χ3v) is 7.34. The maximum absolute atomic E-state index is 12.8. The number of nitrogens with one attached hydrogen (secondary N) is 2. The van der Waals surface area contributed by atoms with E-state index in [0.717, 1.165) is 36.3 Å². The van der Waals surface area contributed by atoms with Gasteiger partial charge in [-0.3, -0.25) is 9.48 Å². The van der Waals surface area contributed by atoms with Crippen molar-refractivity contribution in [1.29, 1.82) is 5.26 Å². The van der Waals surface area contributed by atoms with E-state index >= 15 is 0 Å². The second-order valence-corrected chi connectivity index (χ2v) is 9.82. The lowest BCUT2D eigenvalue weighted by molar-refractivity contribution is -0.130. The summed E-state index contributed by atoms with van der Waals surface area (Å²) in [5.74, 6) is 0.763. The van der Waals surface area contributed by atoms with E-state index in [1.165, 1.54) is 7.11 Å². The first-order valence-electron chi connectivity index (χ1n) is 11.8. The molecule has 2 aliphatic rings. The highest BCUT2D eigenvalue weighted by molar-refractivity contribution is 6.21. The molecule has 2 heterocycles. The van der Waals surface area contributed by atoms with Gasteiger partial charge in [-0.1, -0.05) is 0 Å². The summed E-state index contributed by atoms with van der Waals surface area (Å²) in [4.78, 5) is 12.8. The second-order valence-electron chi connectivity index (χ2n) is 9.26. The number of aromatic nitrogens is 2. The van der Waals surface area contributed by atoms with Crippen LogP contribution in [0.5, 0.6) is 5.75 Å². The van der Waals surface area contributed by atoms with Crippen LogP contribution in [0.15, 0.2) is 24.3 Å². The van der Waals surface area contributed by atoms with E-state index in [9.17, 15) is 4.79 Å². The lowest BCUT2D eigenvalue weighted by Crippen LogP contribution is -2.56. The van der Waals surface area contributed by atoms with Crippen LogP contribution in [0.25, 0.3) is 0 Å². The minimum absolute atomic E-state index is 0.0590. The topological polar surface area (TPSA) is 101 Å². The number of carbonyl (C=O) groups excluding carboxylic acids is 1. The number of methoxy groups -OCH3 is 1. The van der Waals surface area contributed by atoms with E-state index < -0.39 is 0 Å². The average molecular weight is 486 g/mol. The molecule has 2 aromatic rings. The van der Waals surface area contributed by atoms with Gasteiger partial charge in [-0.15, -0.1) is 11.6 Å². The Hall–Kier alpha value is -2.76. The van der Waals surface area contributed by atoms with Crippen LogP contribution < -0.4 is 15.4 Å². The second kappa shape index (κ2) is 10.7. The van der Waals surface area contributed by atoms with Crippen LogP contribution in [0.3, 0.4) is 0 Å². The Morgan fingerprint density at radius 2 is 2.12 bits per heavy atom. The van der Waals surface area contributed by atoms with Gasteiger partial charge in [0.05, 0.1) is 48.9 Å². The predicted molar refractivity (Wildman–Crippen MR) is 130 cm³/mol. The SMILES string of the molecule is COc1cc(NCC2CC3CC(Cl)C(OCCn4nc(C)cc4C)CC3NC2=O)ccc1C#N. The molecule has 1 aliphatic carbocycles. The summed E-state index contributed by atoms with van der Waals surface area (Å²) in [7, 11) is 1.54. The first-order valence-corrected chi connectivity index (χ1v) is 12.2. The minimum Gasteiger partial charge on any atom is -0.495 e. The Morgan fingerprint density at radius 3 is 2.82 bits per heavy atom. The molecule has 0 bridgehead atoms. The first kappa shape index (κ1) is 24.4. The molecule has 5 atom stereocenters. The zero-order valence-corrected chi connectivity index (χ0v) is 20.6. The van der Waals surface area contributed by atoms with Gasteiger partial charge in [0.2, 0.25) is 5.91 Å². The number of anilines is 1. The molecular formula is C25H32ClN5O3. The van der Waals surface area contributed by atoms with Gasteiger partial charge >= 0.3 is 0 Å². The quantitative estimate of drug-likeness (QED) is 0.556. The molecule has 1 aromatic heterocycles. The summed E-state index contributed by atoms with van der Waals surface area (Å²) in [6.45, 7) is 5.77. The van der Waals surface area contributed by atoms with Gasteiger partial charge in [-0.2, -0.15) is 10.4 Å². The van der Waals surface area contributed by atoms with E-state index in [1.54, 1.807) is 12.1 Å². The maximum atomic E-state index is 12.8. The lowest BCUT2D eigenvalue weighted by Gasteiger charge is -2.44. The Kier molecular flexibility index (Phi) is 7.64. The molecule has 1 saturated carbocycles. The summed E-state index contributed by atoms with van der Waals surface area (Å²) in [5, 5.41) is 20.1. The molecule has 4 rings (SSSR count). The van der Waals surface area contributed by atoms with Crippen LogP contribution in [0, 0.1) is 37.0 Å². The zero-order valence-electron chi connectivity index (χ0n) is 19.9. The standard InChI is InChI=1S/C25H32ClN5O3/c1-15-8-16(2)31(30-15)6-7-34-24-12-22-18(10-21(24)26)9-19(25(32)29-22)14-28-20-5-4-17(13-27)23(11-20)33-3/h4-5,8,11,18-19,21-22,24,28H,6-7,9-10,12,14H2,1-3H3,(H,29,32). The molecule has 1 aliphatic heterocycles. The van der Waals surface area contributed by atoms with Crippen molar-refractivity contribution in [3.63, 3.8) is 0 Å². The molecule has 1 aromatic carbocycles. The molecule has 0 spiro atoms. The summed E-state index contributed by atoms with van der Waals surface area (Å²) in [6, 6.07) is 9.57. The smallest absolute Gasteiger partial charge is 0.225 e. The Labute approximate surface area is 205 Å². The van der Waals surface area contributed by atoms with Crippen molar-refractivity contribution in [1.82, 2.24) is 15.1 Å². The molecule has 1 amide bonds. The van der Waals surface area contributed by atoms with E-state index in [0.29, 0.717) is 36.9 Å². The highest BCUT2D eigenvalue weighted by Crippen LogP contribution is 2.37. The molecule has 34 heavy (non-hydrogen) atoms. The number of ether oxygens (including phenoxy) is 2. The van der Waals surface area contributed by atoms with Crippen LogP contribution in [0.1, 0.15) is 36.2 Å². The zero-order chi connectivity index (χ0) is 24.2. The van der Waals surface area contributed by atoms with E-state index in [4.69, 9.17) is 26.3 Å². The summed E-state index contributed by atoms with van der Waals surface area (Å²) in [6.07, 6.45) is 2.26. The van der Waals surface area contributed by atoms with Gasteiger partial charge in [-0.25, -0.2) is 0 Å². The van der Waals surface area contributed by atoms with E-state index in [2.05, 4.69) is 27.9 Å². The molecule has 8 nitrogen and oxygen atoms in total. The van der Waals surface area contributed by atoms with E-state index in [-0.39, 0.29) is 29.3 Å². The molecule has 2 N–H and O–H groups in total. The normalized spacial score (nSPS) is 26.3. The maximum Gasteiger partial charge on any atom is 0.225 e. The highest BCUT2D eigenvalue weighted by atomic mass is 35.5. The monoisotopic (exact) mass is 485 g/mol. The number of alkyl halides is 1. The number of halogens is 1. The number of benzene rings is 1. The highest BCUT2D eigenvalue weighted by Gasteiger charge is 2.43. The number of piperidine rings is 1. The fourth-order valence-corrected chi connectivity index (χ4v) is 5.49. The molecule has 182 valence electrons. The molecule has 1 saturated heterocycles. The predicted octanol–water partition coefficient (Wildman–Crippen LogP) is 3.40. The molecule has 5 unspecified atom stereocenters. The summed E-state index contributed by atoms with van der Waals surface area (Å²) in [5.41, 5.74) is 3.42. The van der Waals surface area contributed by atoms with Crippen molar-refractivity contribution in [2.45, 2.75) is 57.2 Å². The van der Waals surface area contributed by atoms with Gasteiger partial charge in [0.25, 0.3) is 0 Å². The lowest BCUT2D eigenvalue weighted by atomic mass is 9.74. The van der Waals surface area contributed by atoms with Crippen molar-refractivity contribution in [2.75, 3.05) is 25.6 Å². The van der Waals surface area contributed by atoms with Crippen LogP contribution >= 0.6 is 11.6 Å². The molecular weight excluding hydrogens is 454 g/mol. The van der Waals surface area contributed by atoms with Crippen LogP contribution in [0.4, 0.5) is 5.69 Å². The third-order valence-electron chi connectivity index (χ3n) is 6.89. The van der Waals surface area contributed by atoms with Crippen LogP contribution in [-0.2, 0) is 16.1 Å². The van der Waals surface area contributed by atoms with Crippen molar-refractivity contribution < 1.29 is 14.3 Å². The van der Waals surface area contributed by atoms with Gasteiger partial charge in [-0.05, 0) is 57.2 Å². The number of fused-ring (bicyclic) bond motifs is 1. The van der Waals surface area contributed by atoms with Crippen molar-refractivity contribution in [3.05, 3.63) is 41.2 Å². The van der Waals surface area contributed by atoms with Crippen molar-refractivity contribution in [3.8, 4) is 11.8 Å². The average Bonchev–Trinajstić information content (AvgIpc) is 3.14. The molecule has 9 heteroatoms. The Morgan fingerprint density at radius 1 is 1.29 bits per heavy atom. The number of hydrogen-bond donors (Lipinski definition) is 2. The number of carbonyl (C=O) groups is 1. The third kappa shape index (κ3) is 5.48. The number of hydrogen-bond acceptors (Lipinski definition) is 6. The molecule has 0 radical (unpaired) electrons. The minimum atomic E-state index is -0.143. The fraction of sp³-hybridized carbons (Fsp3) is 0.560. The van der Waals surface area contributed by atoms with Gasteiger partial charge < -0.3 is 20.1 Å². The van der Waals surface area contributed by atoms with Crippen LogP contribution in [-0.4, -0.2) is 53.5 Å². The van der Waals surface area contributed by atoms with Crippen LogP contribution in [0.2, 0.25) is 0 Å². The number of nitriles is 1. The number of rotatable bonds is 8. The first-order chi connectivity index (χ1) is 16.4. The Balaban J connectivity index is 1.28. The van der Waals surface area contributed by atoms with Crippen molar-refractivity contribution >= 4 is 23.2 Å². The number of amides is 1. The van der Waals surface area contributed by atoms with Gasteiger partial charge in [0, 0.05) is 30.0 Å². The van der Waals surface area contributed by atoms with E-state index in [1.807, 2.05) is 24.6 Å². The fourth-order valence-electron chi connectivity index (χ4n) is 5.08. The van der Waals surface area contributed by atoms with Gasteiger partial charge in [0.15, 0.2) is 0 Å². The summed E-state index contributed by atoms with van der Waals surface area (Å²) >= 11 is 6.72. The summed E-state index contributed by atoms with van der Waals surface area (Å²) < 4.78 is 13.4. The van der Waals surface area contributed by atoms with Gasteiger partial charge in [0.1, 0.15) is 11.8 Å². The largest absolute Gasteiger partial charge is 0.495 e.